The Kier molecular flexibility index (Phi) is 4.81. The van der Waals surface area contributed by atoms with Crippen molar-refractivity contribution in [1.82, 2.24) is 19.4 Å². The maximum absolute atomic E-state index is 12.8. The molecule has 0 atom stereocenters. The molecular weight excluding hydrogens is 338 g/mol. The number of fused-ring (bicyclic) bond motifs is 1. The minimum Gasteiger partial charge on any atom is -0.378 e. The lowest BCUT2D eigenvalue weighted by Gasteiger charge is -2.34. The van der Waals surface area contributed by atoms with Gasteiger partial charge in [-0.2, -0.15) is 5.10 Å². The molecule has 1 aromatic carbocycles. The molecule has 1 amide bonds. The minimum absolute atomic E-state index is 0.117. The number of rotatable bonds is 4. The van der Waals surface area contributed by atoms with Gasteiger partial charge >= 0.3 is 0 Å². The molecule has 3 aromatic rings. The summed E-state index contributed by atoms with van der Waals surface area (Å²) in [6.45, 7) is 4.05. The van der Waals surface area contributed by atoms with E-state index in [1.54, 1.807) is 0 Å². The molecule has 6 heteroatoms. The van der Waals surface area contributed by atoms with E-state index in [9.17, 15) is 4.79 Å². The summed E-state index contributed by atoms with van der Waals surface area (Å²) in [5.41, 5.74) is 3.99. The van der Waals surface area contributed by atoms with Crippen molar-refractivity contribution in [2.75, 3.05) is 45.2 Å². The lowest BCUT2D eigenvalue weighted by molar-refractivity contribution is 0.0627. The van der Waals surface area contributed by atoms with Gasteiger partial charge in [-0.25, -0.2) is 4.52 Å². The van der Waals surface area contributed by atoms with E-state index in [0.717, 1.165) is 55.2 Å². The van der Waals surface area contributed by atoms with Crippen LogP contribution in [0.25, 0.3) is 5.52 Å². The Morgan fingerprint density at radius 3 is 2.59 bits per heavy atom. The first-order valence-electron chi connectivity index (χ1n) is 9.32. The summed E-state index contributed by atoms with van der Waals surface area (Å²) in [4.78, 5) is 19.2. The fraction of sp³-hybridized carbons (Fsp3) is 0.333. The molecule has 3 heterocycles. The average Bonchev–Trinajstić information content (AvgIpc) is 3.10. The number of carbonyl (C=O) groups is 1. The number of benzene rings is 1. The molecule has 140 valence electrons. The van der Waals surface area contributed by atoms with Gasteiger partial charge < -0.3 is 9.80 Å². The van der Waals surface area contributed by atoms with Crippen LogP contribution >= 0.6 is 0 Å². The predicted molar refractivity (Wildman–Crippen MR) is 107 cm³/mol. The Morgan fingerprint density at radius 1 is 1.04 bits per heavy atom. The van der Waals surface area contributed by atoms with Crippen molar-refractivity contribution in [2.45, 2.75) is 6.54 Å². The predicted octanol–water partition coefficient (Wildman–Crippen LogP) is 2.36. The second kappa shape index (κ2) is 7.40. The van der Waals surface area contributed by atoms with Gasteiger partial charge in [0.15, 0.2) is 0 Å². The molecule has 1 saturated heterocycles. The van der Waals surface area contributed by atoms with E-state index in [0.29, 0.717) is 0 Å². The van der Waals surface area contributed by atoms with Crippen LogP contribution in [0.2, 0.25) is 0 Å². The number of nitrogens with zero attached hydrogens (tertiary/aromatic N) is 5. The average molecular weight is 363 g/mol. The molecule has 0 spiro atoms. The van der Waals surface area contributed by atoms with Gasteiger partial charge in [-0.1, -0.05) is 12.1 Å². The standard InChI is InChI=1S/C21H25N5O/c1-23(2)19-8-5-6-17(14-19)21(27)25-12-10-24(11-13-25)16-18-15-20-7-3-4-9-26(20)22-18/h3-9,14-15H,10-13,16H2,1-2H3. The summed E-state index contributed by atoms with van der Waals surface area (Å²) in [6, 6.07) is 16.0. The van der Waals surface area contributed by atoms with Gasteiger partial charge in [0, 0.05) is 64.3 Å². The zero-order valence-electron chi connectivity index (χ0n) is 15.9. The van der Waals surface area contributed by atoms with Crippen molar-refractivity contribution in [1.29, 1.82) is 0 Å². The fourth-order valence-electron chi connectivity index (χ4n) is 3.51. The number of hydrogen-bond acceptors (Lipinski definition) is 4. The highest BCUT2D eigenvalue weighted by atomic mass is 16.2. The van der Waals surface area contributed by atoms with Crippen molar-refractivity contribution < 1.29 is 4.79 Å². The third-order valence-corrected chi connectivity index (χ3v) is 5.08. The highest BCUT2D eigenvalue weighted by Crippen LogP contribution is 2.17. The van der Waals surface area contributed by atoms with E-state index in [2.05, 4.69) is 22.1 Å². The Balaban J connectivity index is 1.37. The van der Waals surface area contributed by atoms with Crippen LogP contribution < -0.4 is 4.90 Å². The number of carbonyl (C=O) groups excluding carboxylic acids is 1. The highest BCUT2D eigenvalue weighted by Gasteiger charge is 2.23. The first-order chi connectivity index (χ1) is 13.1. The molecule has 1 fully saturated rings. The SMILES string of the molecule is CN(C)c1cccc(C(=O)N2CCN(Cc3cc4ccccn4n3)CC2)c1. The second-order valence-electron chi connectivity index (χ2n) is 7.22. The molecule has 0 unspecified atom stereocenters. The molecule has 0 aliphatic carbocycles. The van der Waals surface area contributed by atoms with Crippen molar-refractivity contribution in [3.8, 4) is 0 Å². The van der Waals surface area contributed by atoms with E-state index in [1.165, 1.54) is 0 Å². The van der Waals surface area contributed by atoms with Gasteiger partial charge in [0.2, 0.25) is 0 Å². The molecule has 2 aromatic heterocycles. The van der Waals surface area contributed by atoms with Gasteiger partial charge in [-0.05, 0) is 36.4 Å². The molecule has 0 saturated carbocycles. The number of hydrogen-bond donors (Lipinski definition) is 0. The van der Waals surface area contributed by atoms with E-state index >= 15 is 0 Å². The lowest BCUT2D eigenvalue weighted by atomic mass is 10.1. The lowest BCUT2D eigenvalue weighted by Crippen LogP contribution is -2.48. The second-order valence-corrected chi connectivity index (χ2v) is 7.22. The van der Waals surface area contributed by atoms with E-state index in [1.807, 2.05) is 71.0 Å². The summed E-state index contributed by atoms with van der Waals surface area (Å²) < 4.78 is 1.91. The Bertz CT molecular complexity index is 907. The zero-order valence-corrected chi connectivity index (χ0v) is 15.9. The molecule has 0 radical (unpaired) electrons. The first-order valence-corrected chi connectivity index (χ1v) is 9.32. The van der Waals surface area contributed by atoms with Crippen LogP contribution in [0.5, 0.6) is 0 Å². The van der Waals surface area contributed by atoms with Gasteiger partial charge in [-0.15, -0.1) is 0 Å². The summed E-state index contributed by atoms with van der Waals surface area (Å²) in [7, 11) is 3.98. The molecule has 0 bridgehead atoms. The van der Waals surface area contributed by atoms with Crippen LogP contribution in [0.4, 0.5) is 5.69 Å². The van der Waals surface area contributed by atoms with Gasteiger partial charge in [0.1, 0.15) is 0 Å². The summed E-state index contributed by atoms with van der Waals surface area (Å²) in [5, 5.41) is 4.62. The van der Waals surface area contributed by atoms with Crippen LogP contribution in [-0.4, -0.2) is 65.6 Å². The molecule has 4 rings (SSSR count). The Hall–Kier alpha value is -2.86. The summed E-state index contributed by atoms with van der Waals surface area (Å²) in [5.74, 6) is 0.117. The minimum atomic E-state index is 0.117. The van der Waals surface area contributed by atoms with Crippen LogP contribution in [0, 0.1) is 0 Å². The highest BCUT2D eigenvalue weighted by molar-refractivity contribution is 5.95. The molecule has 0 N–H and O–H groups in total. The van der Waals surface area contributed by atoms with E-state index in [4.69, 9.17) is 0 Å². The smallest absolute Gasteiger partial charge is 0.254 e. The maximum Gasteiger partial charge on any atom is 0.254 e. The van der Waals surface area contributed by atoms with Gasteiger partial charge in [0.05, 0.1) is 11.2 Å². The van der Waals surface area contributed by atoms with Gasteiger partial charge in [0.25, 0.3) is 5.91 Å². The Labute approximate surface area is 159 Å². The largest absolute Gasteiger partial charge is 0.378 e. The normalized spacial score (nSPS) is 15.3. The molecule has 1 aliphatic rings. The third kappa shape index (κ3) is 3.80. The molecule has 6 nitrogen and oxygen atoms in total. The van der Waals surface area contributed by atoms with Crippen molar-refractivity contribution in [2.24, 2.45) is 0 Å². The number of anilines is 1. The van der Waals surface area contributed by atoms with Crippen molar-refractivity contribution in [3.63, 3.8) is 0 Å². The monoisotopic (exact) mass is 363 g/mol. The van der Waals surface area contributed by atoms with Crippen LogP contribution in [0.15, 0.2) is 54.7 Å². The molecule has 27 heavy (non-hydrogen) atoms. The Morgan fingerprint density at radius 2 is 1.85 bits per heavy atom. The van der Waals surface area contributed by atoms with E-state index < -0.39 is 0 Å². The van der Waals surface area contributed by atoms with Crippen LogP contribution in [0.1, 0.15) is 16.1 Å². The molecular formula is C21H25N5O. The van der Waals surface area contributed by atoms with Crippen LogP contribution in [-0.2, 0) is 6.54 Å². The number of aromatic nitrogens is 2. The zero-order chi connectivity index (χ0) is 18.8. The number of pyridine rings is 1. The first kappa shape index (κ1) is 17.5. The maximum atomic E-state index is 12.8. The number of amides is 1. The molecule has 1 aliphatic heterocycles. The summed E-state index contributed by atoms with van der Waals surface area (Å²) in [6.07, 6.45) is 1.97. The van der Waals surface area contributed by atoms with Gasteiger partial charge in [-0.3, -0.25) is 9.69 Å². The quantitative estimate of drug-likeness (QED) is 0.714. The third-order valence-electron chi connectivity index (χ3n) is 5.08. The van der Waals surface area contributed by atoms with E-state index in [-0.39, 0.29) is 5.91 Å². The summed E-state index contributed by atoms with van der Waals surface area (Å²) >= 11 is 0. The van der Waals surface area contributed by atoms with Crippen molar-refractivity contribution >= 4 is 17.1 Å². The van der Waals surface area contributed by atoms with Crippen LogP contribution in [0.3, 0.4) is 0 Å². The number of piperazine rings is 1. The topological polar surface area (TPSA) is 44.1 Å². The van der Waals surface area contributed by atoms with Crippen molar-refractivity contribution in [3.05, 3.63) is 66.0 Å². The fourth-order valence-corrected chi connectivity index (χ4v) is 3.51.